The molecule has 1 aromatic heterocycles. The number of aromatic nitrogens is 2. The minimum atomic E-state index is 0.222. The van der Waals surface area contributed by atoms with Crippen molar-refractivity contribution in [2.45, 2.75) is 65.1 Å². The maximum atomic E-state index is 12.9. The van der Waals surface area contributed by atoms with Gasteiger partial charge in [-0.25, -0.2) is 0 Å². The number of rotatable bonds is 8. The first-order valence-corrected chi connectivity index (χ1v) is 9.33. The van der Waals surface area contributed by atoms with Crippen molar-refractivity contribution < 1.29 is 4.79 Å². The summed E-state index contributed by atoms with van der Waals surface area (Å²) >= 11 is 0. The molecule has 3 rings (SSSR count). The van der Waals surface area contributed by atoms with Gasteiger partial charge in [-0.3, -0.25) is 9.48 Å². The van der Waals surface area contributed by atoms with Crippen molar-refractivity contribution in [3.8, 4) is 6.07 Å². The van der Waals surface area contributed by atoms with Gasteiger partial charge < -0.3 is 4.90 Å². The van der Waals surface area contributed by atoms with Crippen molar-refractivity contribution in [2.24, 2.45) is 0 Å². The summed E-state index contributed by atoms with van der Waals surface area (Å²) in [5, 5.41) is 13.3. The van der Waals surface area contributed by atoms with E-state index in [4.69, 9.17) is 5.26 Å². The Morgan fingerprint density at radius 2 is 2.04 bits per heavy atom. The fourth-order valence-corrected chi connectivity index (χ4v) is 3.43. The number of carbonyl (C=O) groups excluding carboxylic acids is 1. The van der Waals surface area contributed by atoms with Crippen LogP contribution in [-0.2, 0) is 24.3 Å². The van der Waals surface area contributed by atoms with Crippen LogP contribution in [0.4, 0.5) is 0 Å². The molecule has 1 aromatic carbocycles. The van der Waals surface area contributed by atoms with Crippen LogP contribution < -0.4 is 0 Å². The Morgan fingerprint density at radius 1 is 1.31 bits per heavy atom. The predicted octanol–water partition coefficient (Wildman–Crippen LogP) is 3.54. The second kappa shape index (κ2) is 8.18. The lowest BCUT2D eigenvalue weighted by Gasteiger charge is -2.22. The first kappa shape index (κ1) is 18.2. The smallest absolute Gasteiger partial charge is 0.223 e. The quantitative estimate of drug-likeness (QED) is 0.731. The number of nitrogens with zero attached hydrogens (tertiary/aromatic N) is 4. The SMILES string of the molecule is Cc1nn(CCC#N)c(C)c1CCC(=O)N(Cc1ccccc1)C1CC1. The van der Waals surface area contributed by atoms with Gasteiger partial charge in [0.05, 0.1) is 24.7 Å². The van der Waals surface area contributed by atoms with Crippen molar-refractivity contribution in [1.82, 2.24) is 14.7 Å². The van der Waals surface area contributed by atoms with Crippen molar-refractivity contribution in [1.29, 1.82) is 5.26 Å². The second-order valence-corrected chi connectivity index (χ2v) is 7.02. The summed E-state index contributed by atoms with van der Waals surface area (Å²) in [6.45, 7) is 5.32. The van der Waals surface area contributed by atoms with E-state index in [2.05, 4.69) is 23.3 Å². The summed E-state index contributed by atoms with van der Waals surface area (Å²) in [6, 6.07) is 12.8. The number of hydrogen-bond acceptors (Lipinski definition) is 3. The Bertz CT molecular complexity index is 799. The third-order valence-electron chi connectivity index (χ3n) is 5.06. The van der Waals surface area contributed by atoms with E-state index in [0.717, 1.165) is 29.8 Å². The highest BCUT2D eigenvalue weighted by Gasteiger charge is 2.32. The lowest BCUT2D eigenvalue weighted by Crippen LogP contribution is -2.32. The molecule has 0 aliphatic heterocycles. The third-order valence-corrected chi connectivity index (χ3v) is 5.06. The summed E-state index contributed by atoms with van der Waals surface area (Å²) in [5.74, 6) is 0.222. The van der Waals surface area contributed by atoms with E-state index >= 15 is 0 Å². The summed E-state index contributed by atoms with van der Waals surface area (Å²) in [4.78, 5) is 14.9. The van der Waals surface area contributed by atoms with Crippen LogP contribution in [0.5, 0.6) is 0 Å². The standard InChI is InChI=1S/C21H26N4O/c1-16-20(17(2)25(23-16)14-6-13-22)11-12-21(26)24(19-9-10-19)15-18-7-4-3-5-8-18/h3-5,7-8,19H,6,9-12,14-15H2,1-2H3. The molecule has 136 valence electrons. The largest absolute Gasteiger partial charge is 0.335 e. The second-order valence-electron chi connectivity index (χ2n) is 7.02. The minimum absolute atomic E-state index is 0.222. The molecule has 0 saturated heterocycles. The molecule has 1 aliphatic carbocycles. The molecule has 0 N–H and O–H groups in total. The zero-order valence-electron chi connectivity index (χ0n) is 15.6. The zero-order chi connectivity index (χ0) is 18.5. The molecule has 1 saturated carbocycles. The van der Waals surface area contributed by atoms with Gasteiger partial charge in [0.25, 0.3) is 0 Å². The molecule has 1 fully saturated rings. The van der Waals surface area contributed by atoms with Crippen LogP contribution in [0.1, 0.15) is 48.2 Å². The number of amides is 1. The van der Waals surface area contributed by atoms with E-state index in [1.54, 1.807) is 0 Å². The molecule has 2 aromatic rings. The van der Waals surface area contributed by atoms with Gasteiger partial charge in [0.15, 0.2) is 0 Å². The number of benzene rings is 1. The van der Waals surface area contributed by atoms with Crippen LogP contribution >= 0.6 is 0 Å². The molecule has 0 spiro atoms. The van der Waals surface area contributed by atoms with Gasteiger partial charge in [-0.15, -0.1) is 0 Å². The molecule has 1 aliphatic rings. The van der Waals surface area contributed by atoms with E-state index in [1.807, 2.05) is 41.6 Å². The molecule has 0 unspecified atom stereocenters. The molecule has 1 amide bonds. The average molecular weight is 350 g/mol. The Labute approximate surface area is 155 Å². The van der Waals surface area contributed by atoms with Crippen molar-refractivity contribution in [2.75, 3.05) is 0 Å². The summed E-state index contributed by atoms with van der Waals surface area (Å²) < 4.78 is 1.89. The first-order chi connectivity index (χ1) is 12.6. The molecule has 0 bridgehead atoms. The normalized spacial score (nSPS) is 13.4. The van der Waals surface area contributed by atoms with Gasteiger partial charge in [0.1, 0.15) is 0 Å². The van der Waals surface area contributed by atoms with Crippen molar-refractivity contribution in [3.63, 3.8) is 0 Å². The van der Waals surface area contributed by atoms with Crippen LogP contribution in [0.15, 0.2) is 30.3 Å². The minimum Gasteiger partial charge on any atom is -0.335 e. The molecule has 0 atom stereocenters. The van der Waals surface area contributed by atoms with Gasteiger partial charge in [-0.1, -0.05) is 30.3 Å². The van der Waals surface area contributed by atoms with Crippen LogP contribution in [0.25, 0.3) is 0 Å². The fourth-order valence-electron chi connectivity index (χ4n) is 3.43. The molecule has 26 heavy (non-hydrogen) atoms. The van der Waals surface area contributed by atoms with Gasteiger partial charge in [-0.2, -0.15) is 10.4 Å². The molecule has 5 heteroatoms. The number of carbonyl (C=O) groups is 1. The summed E-state index contributed by atoms with van der Waals surface area (Å²) in [5.41, 5.74) is 4.37. The highest BCUT2D eigenvalue weighted by atomic mass is 16.2. The van der Waals surface area contributed by atoms with Crippen molar-refractivity contribution >= 4 is 5.91 Å². The van der Waals surface area contributed by atoms with Crippen LogP contribution in [-0.4, -0.2) is 26.6 Å². The summed E-state index contributed by atoms with van der Waals surface area (Å²) in [6.07, 6.45) is 3.90. The number of hydrogen-bond donors (Lipinski definition) is 0. The third kappa shape index (κ3) is 4.32. The molecular formula is C21H26N4O. The lowest BCUT2D eigenvalue weighted by atomic mass is 10.1. The molecule has 0 radical (unpaired) electrons. The number of nitriles is 1. The topological polar surface area (TPSA) is 61.9 Å². The Kier molecular flexibility index (Phi) is 5.72. The van der Waals surface area contributed by atoms with E-state index < -0.39 is 0 Å². The number of aryl methyl sites for hydroxylation is 2. The highest BCUT2D eigenvalue weighted by molar-refractivity contribution is 5.77. The van der Waals surface area contributed by atoms with Gasteiger partial charge >= 0.3 is 0 Å². The predicted molar refractivity (Wildman–Crippen MR) is 100 cm³/mol. The maximum Gasteiger partial charge on any atom is 0.223 e. The Balaban J connectivity index is 1.64. The monoisotopic (exact) mass is 350 g/mol. The Morgan fingerprint density at radius 3 is 2.69 bits per heavy atom. The zero-order valence-corrected chi connectivity index (χ0v) is 15.6. The highest BCUT2D eigenvalue weighted by Crippen LogP contribution is 2.29. The molecule has 1 heterocycles. The van der Waals surface area contributed by atoms with E-state index in [0.29, 0.717) is 38.4 Å². The van der Waals surface area contributed by atoms with Crippen LogP contribution in [0.2, 0.25) is 0 Å². The molecular weight excluding hydrogens is 324 g/mol. The maximum absolute atomic E-state index is 12.9. The lowest BCUT2D eigenvalue weighted by molar-refractivity contribution is -0.132. The summed E-state index contributed by atoms with van der Waals surface area (Å²) in [7, 11) is 0. The fraction of sp³-hybridized carbons (Fsp3) is 0.476. The molecule has 5 nitrogen and oxygen atoms in total. The average Bonchev–Trinajstić information content (AvgIpc) is 3.44. The van der Waals surface area contributed by atoms with E-state index in [9.17, 15) is 4.79 Å². The van der Waals surface area contributed by atoms with Crippen LogP contribution in [0, 0.1) is 25.2 Å². The van der Waals surface area contributed by atoms with Crippen LogP contribution in [0.3, 0.4) is 0 Å². The van der Waals surface area contributed by atoms with E-state index in [1.165, 1.54) is 5.56 Å². The van der Waals surface area contributed by atoms with E-state index in [-0.39, 0.29) is 5.91 Å². The first-order valence-electron chi connectivity index (χ1n) is 9.33. The Hall–Kier alpha value is -2.61. The van der Waals surface area contributed by atoms with Crippen molar-refractivity contribution in [3.05, 3.63) is 52.8 Å². The van der Waals surface area contributed by atoms with Gasteiger partial charge in [-0.05, 0) is 44.2 Å². The van der Waals surface area contributed by atoms with Gasteiger partial charge in [0, 0.05) is 24.7 Å². The van der Waals surface area contributed by atoms with Gasteiger partial charge in [0.2, 0.25) is 5.91 Å².